The lowest BCUT2D eigenvalue weighted by atomic mass is 9.91. The Bertz CT molecular complexity index is 461. The molecule has 1 fully saturated rings. The van der Waals surface area contributed by atoms with Crippen molar-refractivity contribution in [1.82, 2.24) is 9.88 Å². The fourth-order valence-electron chi connectivity index (χ4n) is 2.51. The normalized spacial score (nSPS) is 18.8. The zero-order valence-electron chi connectivity index (χ0n) is 11.5. The van der Waals surface area contributed by atoms with Gasteiger partial charge in [-0.05, 0) is 43.5 Å². The van der Waals surface area contributed by atoms with Crippen molar-refractivity contribution in [3.8, 4) is 0 Å². The number of methoxy groups -OCH3 is 1. The minimum absolute atomic E-state index is 0.0217. The minimum Gasteiger partial charge on any atom is -0.467 e. The first-order valence-corrected chi connectivity index (χ1v) is 7.06. The molecular weight excluding hydrogens is 280 g/mol. The molecule has 1 aromatic rings. The van der Waals surface area contributed by atoms with Gasteiger partial charge < -0.3 is 9.84 Å². The Hall–Kier alpha value is -1.17. The number of hydrogen-bond donors (Lipinski definition) is 1. The Kier molecular flexibility index (Phi) is 5.34. The lowest BCUT2D eigenvalue weighted by Gasteiger charge is -2.33. The number of halogens is 1. The monoisotopic (exact) mass is 298 g/mol. The van der Waals surface area contributed by atoms with Gasteiger partial charge in [0.1, 0.15) is 0 Å². The van der Waals surface area contributed by atoms with E-state index in [4.69, 9.17) is 11.6 Å². The number of nitrogens with zero attached hydrogens (tertiary/aromatic N) is 2. The number of esters is 1. The van der Waals surface area contributed by atoms with Crippen LogP contribution in [-0.4, -0.2) is 47.3 Å². The molecule has 1 atom stereocenters. The molecule has 0 bridgehead atoms. The molecular formula is C14H19ClN2O3. The third kappa shape index (κ3) is 3.69. The van der Waals surface area contributed by atoms with E-state index in [0.717, 1.165) is 38.0 Å². The Labute approximate surface area is 123 Å². The topological polar surface area (TPSA) is 62.7 Å². The number of carbonyl (C=O) groups excluding carboxylic acids is 1. The number of rotatable bonds is 4. The number of likely N-dealkylation sites (tertiary alicyclic amines) is 1. The number of carbonyl (C=O) groups is 1. The molecule has 1 N–H and O–H groups in total. The molecule has 0 aliphatic carbocycles. The van der Waals surface area contributed by atoms with Crippen molar-refractivity contribution in [3.05, 3.63) is 29.0 Å². The van der Waals surface area contributed by atoms with Crippen molar-refractivity contribution >= 4 is 17.6 Å². The standard InChI is InChI=1S/C14H19ClN2O3/c1-20-14(19)13(18)10-3-6-17(7-4-10)9-11-2-5-16-8-12(11)15/h2,5,8,10,13,18H,3-4,6-7,9H2,1H3. The smallest absolute Gasteiger partial charge is 0.334 e. The summed E-state index contributed by atoms with van der Waals surface area (Å²) >= 11 is 6.09. The fraction of sp³-hybridized carbons (Fsp3) is 0.571. The van der Waals surface area contributed by atoms with Gasteiger partial charge in [-0.3, -0.25) is 9.88 Å². The first-order valence-electron chi connectivity index (χ1n) is 6.68. The zero-order chi connectivity index (χ0) is 14.5. The molecule has 1 aromatic heterocycles. The largest absolute Gasteiger partial charge is 0.467 e. The van der Waals surface area contributed by atoms with Crippen molar-refractivity contribution in [2.75, 3.05) is 20.2 Å². The van der Waals surface area contributed by atoms with Crippen LogP contribution in [0.25, 0.3) is 0 Å². The van der Waals surface area contributed by atoms with Gasteiger partial charge in [-0.15, -0.1) is 0 Å². The Morgan fingerprint density at radius 3 is 2.90 bits per heavy atom. The van der Waals surface area contributed by atoms with E-state index >= 15 is 0 Å². The molecule has 6 heteroatoms. The Balaban J connectivity index is 1.86. The van der Waals surface area contributed by atoms with Crippen molar-refractivity contribution < 1.29 is 14.6 Å². The number of aliphatic hydroxyl groups is 1. The molecule has 2 heterocycles. The van der Waals surface area contributed by atoms with Gasteiger partial charge in [0.2, 0.25) is 0 Å². The number of aliphatic hydroxyl groups excluding tert-OH is 1. The van der Waals surface area contributed by atoms with Crippen LogP contribution in [0.1, 0.15) is 18.4 Å². The van der Waals surface area contributed by atoms with Gasteiger partial charge >= 0.3 is 5.97 Å². The highest BCUT2D eigenvalue weighted by Crippen LogP contribution is 2.24. The van der Waals surface area contributed by atoms with Crippen molar-refractivity contribution in [3.63, 3.8) is 0 Å². The van der Waals surface area contributed by atoms with Crippen LogP contribution in [-0.2, 0) is 16.1 Å². The number of aromatic nitrogens is 1. The molecule has 1 saturated heterocycles. The van der Waals surface area contributed by atoms with Crippen LogP contribution in [0.15, 0.2) is 18.5 Å². The van der Waals surface area contributed by atoms with Crippen molar-refractivity contribution in [1.29, 1.82) is 0 Å². The van der Waals surface area contributed by atoms with Crippen LogP contribution in [0.3, 0.4) is 0 Å². The predicted molar refractivity (Wildman–Crippen MR) is 75.3 cm³/mol. The first-order chi connectivity index (χ1) is 9.61. The average molecular weight is 299 g/mol. The lowest BCUT2D eigenvalue weighted by molar-refractivity contribution is -0.154. The van der Waals surface area contributed by atoms with E-state index in [1.54, 1.807) is 12.4 Å². The summed E-state index contributed by atoms with van der Waals surface area (Å²) in [4.78, 5) is 17.6. The first kappa shape index (κ1) is 15.2. The van der Waals surface area contributed by atoms with Gasteiger partial charge in [-0.25, -0.2) is 4.79 Å². The van der Waals surface area contributed by atoms with Crippen LogP contribution in [0, 0.1) is 5.92 Å². The third-order valence-electron chi connectivity index (χ3n) is 3.77. The maximum atomic E-state index is 11.3. The summed E-state index contributed by atoms with van der Waals surface area (Å²) in [7, 11) is 1.30. The molecule has 0 amide bonds. The summed E-state index contributed by atoms with van der Waals surface area (Å²) in [5.74, 6) is -0.563. The molecule has 0 saturated carbocycles. The van der Waals surface area contributed by atoms with Crippen LogP contribution in [0.5, 0.6) is 0 Å². The summed E-state index contributed by atoms with van der Waals surface area (Å²) in [6, 6.07) is 1.91. The van der Waals surface area contributed by atoms with Crippen LogP contribution in [0.4, 0.5) is 0 Å². The summed E-state index contributed by atoms with van der Waals surface area (Å²) < 4.78 is 4.58. The number of pyridine rings is 1. The molecule has 1 unspecified atom stereocenters. The molecule has 0 spiro atoms. The summed E-state index contributed by atoms with van der Waals surface area (Å²) in [5.41, 5.74) is 1.05. The van der Waals surface area contributed by atoms with Gasteiger partial charge in [-0.1, -0.05) is 11.6 Å². The Morgan fingerprint density at radius 2 is 2.30 bits per heavy atom. The fourth-order valence-corrected chi connectivity index (χ4v) is 2.69. The SMILES string of the molecule is COC(=O)C(O)C1CCN(Cc2ccncc2Cl)CC1. The highest BCUT2D eigenvalue weighted by molar-refractivity contribution is 6.31. The highest BCUT2D eigenvalue weighted by atomic mass is 35.5. The predicted octanol–water partition coefficient (Wildman–Crippen LogP) is 1.48. The van der Waals surface area contributed by atoms with Crippen molar-refractivity contribution in [2.24, 2.45) is 5.92 Å². The summed E-state index contributed by atoms with van der Waals surface area (Å²) in [5, 5.41) is 10.5. The van der Waals surface area contributed by atoms with Crippen LogP contribution < -0.4 is 0 Å². The molecule has 0 radical (unpaired) electrons. The van der Waals surface area contributed by atoms with E-state index in [-0.39, 0.29) is 5.92 Å². The number of hydrogen-bond acceptors (Lipinski definition) is 5. The second-order valence-corrected chi connectivity index (χ2v) is 5.46. The third-order valence-corrected chi connectivity index (χ3v) is 4.11. The maximum Gasteiger partial charge on any atom is 0.334 e. The molecule has 110 valence electrons. The van der Waals surface area contributed by atoms with E-state index in [1.165, 1.54) is 7.11 Å². The molecule has 1 aliphatic rings. The second kappa shape index (κ2) is 7.02. The molecule has 0 aromatic carbocycles. The van der Waals surface area contributed by atoms with Gasteiger partial charge in [0, 0.05) is 18.9 Å². The number of piperidine rings is 1. The quantitative estimate of drug-likeness (QED) is 0.853. The minimum atomic E-state index is -1.01. The van der Waals surface area contributed by atoms with Crippen LogP contribution >= 0.6 is 11.6 Å². The molecule has 5 nitrogen and oxygen atoms in total. The molecule has 1 aliphatic heterocycles. The summed E-state index contributed by atoms with van der Waals surface area (Å²) in [6.45, 7) is 2.43. The Morgan fingerprint density at radius 1 is 1.60 bits per heavy atom. The highest BCUT2D eigenvalue weighted by Gasteiger charge is 2.30. The van der Waals surface area contributed by atoms with E-state index in [9.17, 15) is 9.90 Å². The average Bonchev–Trinajstić information content (AvgIpc) is 2.49. The van der Waals surface area contributed by atoms with E-state index in [1.807, 2.05) is 6.07 Å². The second-order valence-electron chi connectivity index (χ2n) is 5.05. The van der Waals surface area contributed by atoms with Gasteiger partial charge in [0.15, 0.2) is 6.10 Å². The van der Waals surface area contributed by atoms with Gasteiger partial charge in [-0.2, -0.15) is 0 Å². The zero-order valence-corrected chi connectivity index (χ0v) is 12.2. The van der Waals surface area contributed by atoms with E-state index < -0.39 is 12.1 Å². The lowest BCUT2D eigenvalue weighted by Crippen LogP contribution is -2.40. The molecule has 2 rings (SSSR count). The maximum absolute atomic E-state index is 11.3. The van der Waals surface area contributed by atoms with E-state index in [2.05, 4.69) is 14.6 Å². The summed E-state index contributed by atoms with van der Waals surface area (Å²) in [6.07, 6.45) is 3.92. The number of ether oxygens (including phenoxy) is 1. The van der Waals surface area contributed by atoms with Crippen molar-refractivity contribution in [2.45, 2.75) is 25.5 Å². The van der Waals surface area contributed by atoms with Gasteiger partial charge in [0.25, 0.3) is 0 Å². The van der Waals surface area contributed by atoms with E-state index in [0.29, 0.717) is 5.02 Å². The van der Waals surface area contributed by atoms with Crippen LogP contribution in [0.2, 0.25) is 5.02 Å². The van der Waals surface area contributed by atoms with Gasteiger partial charge in [0.05, 0.1) is 12.1 Å². The molecule has 20 heavy (non-hydrogen) atoms.